The highest BCUT2D eigenvalue weighted by atomic mass is 32.2. The van der Waals surface area contributed by atoms with Gasteiger partial charge >= 0.3 is 5.97 Å². The Morgan fingerprint density at radius 3 is 2.96 bits per heavy atom. The summed E-state index contributed by atoms with van der Waals surface area (Å²) in [6, 6.07) is 3.57. The number of esters is 1. The molecule has 5 nitrogen and oxygen atoms in total. The number of aryl methyl sites for hydroxylation is 2. The lowest BCUT2D eigenvalue weighted by Crippen LogP contribution is -2.24. The van der Waals surface area contributed by atoms with E-state index in [-0.39, 0.29) is 12.1 Å². The normalized spacial score (nSPS) is 20.4. The summed E-state index contributed by atoms with van der Waals surface area (Å²) in [6.45, 7) is 6.03. The molecule has 6 heteroatoms. The number of ether oxygens (including phenoxy) is 1. The Hall–Kier alpha value is -1.82. The van der Waals surface area contributed by atoms with E-state index in [1.165, 1.54) is 18.2 Å². The third-order valence-electron chi connectivity index (χ3n) is 4.69. The van der Waals surface area contributed by atoms with Crippen LogP contribution in [0, 0.1) is 19.8 Å². The second-order valence-corrected chi connectivity index (χ2v) is 7.71. The van der Waals surface area contributed by atoms with Crippen molar-refractivity contribution in [3.8, 4) is 0 Å². The molecule has 0 spiro atoms. The summed E-state index contributed by atoms with van der Waals surface area (Å²) >= 11 is 1.51. The van der Waals surface area contributed by atoms with Gasteiger partial charge in [0.2, 0.25) is 0 Å². The molecule has 1 aliphatic rings. The van der Waals surface area contributed by atoms with Crippen LogP contribution in [-0.2, 0) is 10.5 Å². The number of thioether (sulfide) groups is 1. The molecule has 0 N–H and O–H groups in total. The van der Waals surface area contributed by atoms with E-state index in [1.807, 2.05) is 13.8 Å². The third-order valence-corrected chi connectivity index (χ3v) is 5.72. The lowest BCUT2D eigenvalue weighted by atomic mass is 9.89. The SMILES string of the molecule is Cc1noc(C)c1CSc1ncccc1C(=O)OC1CCCC(C)C1. The average molecular weight is 360 g/mol. The van der Waals surface area contributed by atoms with E-state index in [0.29, 0.717) is 22.3 Å². The maximum Gasteiger partial charge on any atom is 0.341 e. The molecule has 2 heterocycles. The van der Waals surface area contributed by atoms with Crippen LogP contribution in [0.4, 0.5) is 0 Å². The zero-order valence-electron chi connectivity index (χ0n) is 14.9. The number of carbonyl (C=O) groups excluding carboxylic acids is 1. The quantitative estimate of drug-likeness (QED) is 0.568. The Kier molecular flexibility index (Phi) is 5.78. The molecule has 0 amide bonds. The zero-order valence-corrected chi connectivity index (χ0v) is 15.8. The first-order valence-electron chi connectivity index (χ1n) is 8.75. The molecule has 2 atom stereocenters. The highest BCUT2D eigenvalue weighted by Gasteiger charge is 2.24. The van der Waals surface area contributed by atoms with Crippen molar-refractivity contribution in [2.24, 2.45) is 5.92 Å². The molecule has 0 aromatic carbocycles. The molecule has 1 aliphatic carbocycles. The topological polar surface area (TPSA) is 65.2 Å². The van der Waals surface area contributed by atoms with Crippen molar-refractivity contribution in [2.75, 3.05) is 0 Å². The molecule has 2 aromatic rings. The molecule has 0 saturated heterocycles. The molecular formula is C19H24N2O3S. The molecule has 1 fully saturated rings. The van der Waals surface area contributed by atoms with Crippen LogP contribution in [-0.4, -0.2) is 22.2 Å². The van der Waals surface area contributed by atoms with Crippen LogP contribution >= 0.6 is 11.8 Å². The van der Waals surface area contributed by atoms with Gasteiger partial charge in [-0.05, 0) is 51.2 Å². The number of hydrogen-bond acceptors (Lipinski definition) is 6. The summed E-state index contributed by atoms with van der Waals surface area (Å²) in [5, 5.41) is 4.66. The number of nitrogens with zero attached hydrogens (tertiary/aromatic N) is 2. The summed E-state index contributed by atoms with van der Waals surface area (Å²) in [5.74, 6) is 1.82. The summed E-state index contributed by atoms with van der Waals surface area (Å²) in [7, 11) is 0. The van der Waals surface area contributed by atoms with Crippen LogP contribution in [0.2, 0.25) is 0 Å². The maximum absolute atomic E-state index is 12.6. The Labute approximate surface area is 152 Å². The summed E-state index contributed by atoms with van der Waals surface area (Å²) in [6.07, 6.45) is 5.98. The number of pyridine rings is 1. The van der Waals surface area contributed by atoms with Gasteiger partial charge in [-0.15, -0.1) is 11.8 Å². The van der Waals surface area contributed by atoms with Crippen LogP contribution in [0.15, 0.2) is 27.9 Å². The molecule has 3 rings (SSSR count). The standard InChI is InChI=1S/C19H24N2O3S/c1-12-6-4-7-15(10-12)23-19(22)16-8-5-9-20-18(16)25-11-17-13(2)21-24-14(17)3/h5,8-9,12,15H,4,6-7,10-11H2,1-3H3. The zero-order chi connectivity index (χ0) is 17.8. The van der Waals surface area contributed by atoms with E-state index in [2.05, 4.69) is 17.1 Å². The Bertz CT molecular complexity index is 725. The van der Waals surface area contributed by atoms with E-state index in [4.69, 9.17) is 9.26 Å². The van der Waals surface area contributed by atoms with Crippen LogP contribution < -0.4 is 0 Å². The maximum atomic E-state index is 12.6. The minimum absolute atomic E-state index is 0.0249. The van der Waals surface area contributed by atoms with Crippen molar-refractivity contribution >= 4 is 17.7 Å². The molecule has 2 aromatic heterocycles. The Morgan fingerprint density at radius 2 is 2.24 bits per heavy atom. The van der Waals surface area contributed by atoms with E-state index in [1.54, 1.807) is 18.3 Å². The van der Waals surface area contributed by atoms with E-state index >= 15 is 0 Å². The van der Waals surface area contributed by atoms with Gasteiger partial charge < -0.3 is 9.26 Å². The Balaban J connectivity index is 1.68. The summed E-state index contributed by atoms with van der Waals surface area (Å²) < 4.78 is 10.9. The smallest absolute Gasteiger partial charge is 0.341 e. The third kappa shape index (κ3) is 4.42. The van der Waals surface area contributed by atoms with E-state index in [0.717, 1.165) is 36.3 Å². The second kappa shape index (κ2) is 8.04. The lowest BCUT2D eigenvalue weighted by molar-refractivity contribution is 0.0150. The predicted molar refractivity (Wildman–Crippen MR) is 96.6 cm³/mol. The minimum atomic E-state index is -0.270. The van der Waals surface area contributed by atoms with Crippen LogP contribution in [0.25, 0.3) is 0 Å². The molecule has 134 valence electrons. The fourth-order valence-corrected chi connectivity index (χ4v) is 4.35. The van der Waals surface area contributed by atoms with Crippen LogP contribution in [0.5, 0.6) is 0 Å². The van der Waals surface area contributed by atoms with Crippen LogP contribution in [0.3, 0.4) is 0 Å². The van der Waals surface area contributed by atoms with Gasteiger partial charge in [-0.3, -0.25) is 0 Å². The van der Waals surface area contributed by atoms with Crippen molar-refractivity contribution in [2.45, 2.75) is 63.3 Å². The Morgan fingerprint density at radius 1 is 1.40 bits per heavy atom. The summed E-state index contributed by atoms with van der Waals surface area (Å²) in [4.78, 5) is 17.0. The first kappa shape index (κ1) is 18.0. The minimum Gasteiger partial charge on any atom is -0.459 e. The van der Waals surface area contributed by atoms with Gasteiger partial charge in [0.15, 0.2) is 0 Å². The van der Waals surface area contributed by atoms with Gasteiger partial charge in [0.1, 0.15) is 16.9 Å². The highest BCUT2D eigenvalue weighted by Crippen LogP contribution is 2.30. The first-order valence-corrected chi connectivity index (χ1v) is 9.73. The van der Waals surface area contributed by atoms with Gasteiger partial charge in [0.05, 0.1) is 11.3 Å². The summed E-state index contributed by atoms with van der Waals surface area (Å²) in [5.41, 5.74) is 2.47. The van der Waals surface area contributed by atoms with Crippen molar-refractivity contribution in [3.05, 3.63) is 40.9 Å². The van der Waals surface area contributed by atoms with Gasteiger partial charge in [0, 0.05) is 17.5 Å². The molecular weight excluding hydrogens is 336 g/mol. The van der Waals surface area contributed by atoms with Crippen molar-refractivity contribution < 1.29 is 14.1 Å². The van der Waals surface area contributed by atoms with Crippen molar-refractivity contribution in [1.29, 1.82) is 0 Å². The van der Waals surface area contributed by atoms with E-state index in [9.17, 15) is 4.79 Å². The molecule has 1 saturated carbocycles. The molecule has 0 bridgehead atoms. The number of aromatic nitrogens is 2. The average Bonchev–Trinajstić information content (AvgIpc) is 2.91. The molecule has 25 heavy (non-hydrogen) atoms. The van der Waals surface area contributed by atoms with Crippen LogP contribution in [0.1, 0.15) is 60.0 Å². The van der Waals surface area contributed by atoms with Crippen molar-refractivity contribution in [1.82, 2.24) is 10.1 Å². The second-order valence-electron chi connectivity index (χ2n) is 6.75. The first-order chi connectivity index (χ1) is 12.0. The molecule has 2 unspecified atom stereocenters. The van der Waals surface area contributed by atoms with Crippen molar-refractivity contribution in [3.63, 3.8) is 0 Å². The molecule has 0 radical (unpaired) electrons. The highest BCUT2D eigenvalue weighted by molar-refractivity contribution is 7.98. The van der Waals surface area contributed by atoms with Gasteiger partial charge in [-0.1, -0.05) is 18.5 Å². The number of hydrogen-bond donors (Lipinski definition) is 0. The number of carbonyl (C=O) groups is 1. The predicted octanol–water partition coefficient (Wildman–Crippen LogP) is 4.71. The molecule has 0 aliphatic heterocycles. The fourth-order valence-electron chi connectivity index (χ4n) is 3.21. The lowest BCUT2D eigenvalue weighted by Gasteiger charge is -2.26. The van der Waals surface area contributed by atoms with E-state index < -0.39 is 0 Å². The largest absolute Gasteiger partial charge is 0.459 e. The van der Waals surface area contributed by atoms with Gasteiger partial charge in [0.25, 0.3) is 0 Å². The monoisotopic (exact) mass is 360 g/mol. The van der Waals surface area contributed by atoms with Gasteiger partial charge in [-0.2, -0.15) is 0 Å². The number of rotatable bonds is 5. The fraction of sp³-hybridized carbons (Fsp3) is 0.526. The van der Waals surface area contributed by atoms with Gasteiger partial charge in [-0.25, -0.2) is 9.78 Å².